The van der Waals surface area contributed by atoms with Gasteiger partial charge in [-0.25, -0.2) is 4.79 Å². The van der Waals surface area contributed by atoms with E-state index in [1.807, 2.05) is 6.92 Å². The molecule has 0 rings (SSSR count). The summed E-state index contributed by atoms with van der Waals surface area (Å²) < 4.78 is 4.43. The monoisotopic (exact) mass is 213 g/mol. The smallest absolute Gasteiger partial charge is 0.333 e. The summed E-state index contributed by atoms with van der Waals surface area (Å²) in [4.78, 5) is 20.4. The van der Waals surface area contributed by atoms with Crippen LogP contribution in [-0.2, 0) is 14.3 Å². The Bertz CT molecular complexity index is 245. The minimum Gasteiger partial charge on any atom is -0.466 e. The van der Waals surface area contributed by atoms with Crippen molar-refractivity contribution in [1.82, 2.24) is 0 Å². The number of ether oxygens (including phenoxy) is 1. The van der Waals surface area contributed by atoms with Crippen molar-refractivity contribution in [3.05, 3.63) is 24.3 Å². The molecule has 0 atom stereocenters. The van der Waals surface area contributed by atoms with E-state index in [0.717, 1.165) is 12.8 Å². The Morgan fingerprint density at radius 1 is 1.33 bits per heavy atom. The first-order valence-electron chi connectivity index (χ1n) is 4.58. The van der Waals surface area contributed by atoms with E-state index in [1.54, 1.807) is 6.92 Å². The second-order valence-electron chi connectivity index (χ2n) is 2.99. The molecule has 0 aromatic carbocycles. The Morgan fingerprint density at radius 2 is 1.73 bits per heavy atom. The van der Waals surface area contributed by atoms with Crippen LogP contribution in [0.3, 0.4) is 0 Å². The molecule has 86 valence electrons. The molecule has 1 amide bonds. The highest BCUT2D eigenvalue weighted by atomic mass is 16.5. The van der Waals surface area contributed by atoms with Crippen LogP contribution in [0.25, 0.3) is 0 Å². The lowest BCUT2D eigenvalue weighted by Crippen LogP contribution is -2.10. The highest BCUT2D eigenvalue weighted by Crippen LogP contribution is 2.02. The van der Waals surface area contributed by atoms with E-state index in [1.165, 1.54) is 7.11 Å². The predicted molar refractivity (Wildman–Crippen MR) is 60.1 cm³/mol. The van der Waals surface area contributed by atoms with Crippen molar-refractivity contribution in [3.63, 3.8) is 0 Å². The molecule has 0 spiro atoms. The Labute approximate surface area is 90.8 Å². The molecule has 4 heteroatoms. The molecule has 0 unspecified atom stereocenters. The largest absolute Gasteiger partial charge is 0.466 e. The lowest BCUT2D eigenvalue weighted by atomic mass is 10.2. The van der Waals surface area contributed by atoms with Gasteiger partial charge in [-0.1, -0.05) is 26.5 Å². The third kappa shape index (κ3) is 10.3. The standard InChI is InChI=1S/C7H12O2.C4H7NO/c1-4-5-6(2)7(8)9-3;1-3(2)4(5)6/h2,4-5H2,1,3H3;1H2,2H3,(H2,5,6). The molecular weight excluding hydrogens is 194 g/mol. The van der Waals surface area contributed by atoms with Crippen LogP contribution < -0.4 is 5.73 Å². The van der Waals surface area contributed by atoms with Gasteiger partial charge in [-0.05, 0) is 13.3 Å². The summed E-state index contributed by atoms with van der Waals surface area (Å²) >= 11 is 0. The zero-order valence-electron chi connectivity index (χ0n) is 9.63. The molecule has 0 aliphatic heterocycles. The SMILES string of the molecule is C=C(C)C(N)=O.C=C(CCC)C(=O)OC. The molecule has 0 aromatic rings. The first-order valence-corrected chi connectivity index (χ1v) is 4.58. The van der Waals surface area contributed by atoms with Crippen molar-refractivity contribution in [1.29, 1.82) is 0 Å². The van der Waals surface area contributed by atoms with Crippen LogP contribution in [0.2, 0.25) is 0 Å². The molecule has 0 aliphatic rings. The maximum absolute atomic E-state index is 10.6. The van der Waals surface area contributed by atoms with Gasteiger partial charge in [0, 0.05) is 11.1 Å². The fourth-order valence-corrected chi connectivity index (χ4v) is 0.548. The number of hydrogen-bond donors (Lipinski definition) is 1. The van der Waals surface area contributed by atoms with E-state index < -0.39 is 5.91 Å². The molecule has 0 aliphatic carbocycles. The second-order valence-corrected chi connectivity index (χ2v) is 2.99. The summed E-state index contributed by atoms with van der Waals surface area (Å²) in [6.07, 6.45) is 1.67. The minimum atomic E-state index is -0.435. The number of rotatable bonds is 4. The zero-order chi connectivity index (χ0) is 12.4. The van der Waals surface area contributed by atoms with Crippen LogP contribution in [0.1, 0.15) is 26.7 Å². The van der Waals surface area contributed by atoms with Crippen LogP contribution in [0, 0.1) is 0 Å². The lowest BCUT2D eigenvalue weighted by molar-refractivity contribution is -0.136. The van der Waals surface area contributed by atoms with Gasteiger partial charge >= 0.3 is 5.97 Å². The summed E-state index contributed by atoms with van der Waals surface area (Å²) in [5.41, 5.74) is 5.65. The number of esters is 1. The van der Waals surface area contributed by atoms with Gasteiger partial charge in [-0.3, -0.25) is 4.79 Å². The van der Waals surface area contributed by atoms with E-state index in [-0.39, 0.29) is 5.97 Å². The molecule has 0 heterocycles. The quantitative estimate of drug-likeness (QED) is 0.569. The summed E-state index contributed by atoms with van der Waals surface area (Å²) in [5.74, 6) is -0.730. The first-order chi connectivity index (χ1) is 6.86. The van der Waals surface area contributed by atoms with Gasteiger partial charge in [-0.15, -0.1) is 0 Å². The second kappa shape index (κ2) is 8.99. The van der Waals surface area contributed by atoms with Crippen molar-refractivity contribution in [2.45, 2.75) is 26.7 Å². The number of carbonyl (C=O) groups excluding carboxylic acids is 2. The molecule has 0 radical (unpaired) electrons. The first kappa shape index (κ1) is 15.9. The average Bonchev–Trinajstić information content (AvgIpc) is 2.17. The molecule has 2 N–H and O–H groups in total. The van der Waals surface area contributed by atoms with Gasteiger partial charge in [0.15, 0.2) is 0 Å². The fourth-order valence-electron chi connectivity index (χ4n) is 0.548. The number of carbonyl (C=O) groups is 2. The highest BCUT2D eigenvalue weighted by molar-refractivity contribution is 5.90. The average molecular weight is 213 g/mol. The van der Waals surface area contributed by atoms with E-state index in [0.29, 0.717) is 11.1 Å². The van der Waals surface area contributed by atoms with Gasteiger partial charge in [0.2, 0.25) is 5.91 Å². The molecule has 0 fully saturated rings. The van der Waals surface area contributed by atoms with Gasteiger partial charge < -0.3 is 10.5 Å². The number of nitrogens with two attached hydrogens (primary N) is 1. The predicted octanol–water partition coefficient (Wildman–Crippen LogP) is 1.56. The zero-order valence-corrected chi connectivity index (χ0v) is 9.63. The molecule has 4 nitrogen and oxygen atoms in total. The minimum absolute atomic E-state index is 0.295. The Hall–Kier alpha value is -1.58. The van der Waals surface area contributed by atoms with Crippen LogP contribution in [0.4, 0.5) is 0 Å². The fraction of sp³-hybridized carbons (Fsp3) is 0.455. The molecule has 0 bridgehead atoms. The van der Waals surface area contributed by atoms with Crippen molar-refractivity contribution >= 4 is 11.9 Å². The van der Waals surface area contributed by atoms with Gasteiger partial charge in [0.05, 0.1) is 7.11 Å². The number of amides is 1. The van der Waals surface area contributed by atoms with Crippen LogP contribution >= 0.6 is 0 Å². The summed E-state index contributed by atoms with van der Waals surface area (Å²) in [7, 11) is 1.36. The van der Waals surface area contributed by atoms with Crippen LogP contribution in [-0.4, -0.2) is 19.0 Å². The Kier molecular flexibility index (Phi) is 9.52. The molecular formula is C11H19NO3. The van der Waals surface area contributed by atoms with Crippen molar-refractivity contribution < 1.29 is 14.3 Å². The van der Waals surface area contributed by atoms with Gasteiger partial charge in [0.25, 0.3) is 0 Å². The lowest BCUT2D eigenvalue weighted by Gasteiger charge is -1.98. The van der Waals surface area contributed by atoms with Gasteiger partial charge in [-0.2, -0.15) is 0 Å². The summed E-state index contributed by atoms with van der Waals surface area (Å²) in [6.45, 7) is 10.4. The number of methoxy groups -OCH3 is 1. The van der Waals surface area contributed by atoms with E-state index in [4.69, 9.17) is 5.73 Å². The van der Waals surface area contributed by atoms with Gasteiger partial charge in [0.1, 0.15) is 0 Å². The third-order valence-electron chi connectivity index (χ3n) is 1.45. The van der Waals surface area contributed by atoms with Crippen LogP contribution in [0.15, 0.2) is 24.3 Å². The van der Waals surface area contributed by atoms with Crippen molar-refractivity contribution in [2.24, 2.45) is 5.73 Å². The van der Waals surface area contributed by atoms with E-state index in [2.05, 4.69) is 17.9 Å². The highest BCUT2D eigenvalue weighted by Gasteiger charge is 2.02. The van der Waals surface area contributed by atoms with Crippen molar-refractivity contribution in [2.75, 3.05) is 7.11 Å². The Balaban J connectivity index is 0. The third-order valence-corrected chi connectivity index (χ3v) is 1.45. The number of hydrogen-bond acceptors (Lipinski definition) is 3. The topological polar surface area (TPSA) is 69.4 Å². The Morgan fingerprint density at radius 3 is 1.93 bits per heavy atom. The number of primary amides is 1. The molecule has 0 aromatic heterocycles. The summed E-state index contributed by atoms with van der Waals surface area (Å²) in [6, 6.07) is 0. The molecule has 15 heavy (non-hydrogen) atoms. The van der Waals surface area contributed by atoms with Crippen LogP contribution in [0.5, 0.6) is 0 Å². The maximum Gasteiger partial charge on any atom is 0.333 e. The van der Waals surface area contributed by atoms with E-state index in [9.17, 15) is 9.59 Å². The normalized spacial score (nSPS) is 8.20. The maximum atomic E-state index is 10.6. The van der Waals surface area contributed by atoms with Crippen molar-refractivity contribution in [3.8, 4) is 0 Å². The van der Waals surface area contributed by atoms with E-state index >= 15 is 0 Å². The summed E-state index contributed by atoms with van der Waals surface area (Å²) in [5, 5.41) is 0. The molecule has 0 saturated heterocycles. The molecule has 0 saturated carbocycles.